The zero-order valence-electron chi connectivity index (χ0n) is 10.5. The highest BCUT2D eigenvalue weighted by Crippen LogP contribution is 2.25. The molecule has 1 aliphatic carbocycles. The topological polar surface area (TPSA) is 113 Å². The van der Waals surface area contributed by atoms with Crippen molar-refractivity contribution in [3.63, 3.8) is 0 Å². The normalized spacial score (nSPS) is 23.5. The van der Waals surface area contributed by atoms with E-state index in [0.717, 1.165) is 7.11 Å². The summed E-state index contributed by atoms with van der Waals surface area (Å²) < 4.78 is 4.30. The van der Waals surface area contributed by atoms with E-state index in [1.54, 1.807) is 12.2 Å². The lowest BCUT2D eigenvalue weighted by Crippen LogP contribution is -2.43. The molecule has 0 heterocycles. The first-order valence-electron chi connectivity index (χ1n) is 5.88. The summed E-state index contributed by atoms with van der Waals surface area (Å²) in [7, 11) is 1.12. The highest BCUT2D eigenvalue weighted by molar-refractivity contribution is 5.85. The number of carbonyl (C=O) groups excluding carboxylic acids is 2. The fourth-order valence-corrected chi connectivity index (χ4v) is 1.92. The molecule has 1 aliphatic rings. The van der Waals surface area contributed by atoms with Crippen molar-refractivity contribution in [1.82, 2.24) is 5.32 Å². The van der Waals surface area contributed by atoms with Crippen molar-refractivity contribution in [1.29, 1.82) is 0 Å². The Morgan fingerprint density at radius 2 is 1.89 bits per heavy atom. The van der Waals surface area contributed by atoms with Crippen LogP contribution in [0.2, 0.25) is 0 Å². The number of hydrogen-bond donors (Lipinski definition) is 3. The summed E-state index contributed by atoms with van der Waals surface area (Å²) >= 11 is 0. The average molecular weight is 271 g/mol. The van der Waals surface area contributed by atoms with Crippen LogP contribution in [0.1, 0.15) is 12.8 Å². The smallest absolute Gasteiger partial charge is 0.336 e. The summed E-state index contributed by atoms with van der Waals surface area (Å²) in [6.45, 7) is -0.294. The van der Waals surface area contributed by atoms with Crippen LogP contribution in [-0.2, 0) is 19.1 Å². The largest absolute Gasteiger partial charge is 0.481 e. The van der Waals surface area contributed by atoms with Crippen LogP contribution >= 0.6 is 0 Å². The number of methoxy groups -OCH3 is 1. The minimum absolute atomic E-state index is 0.294. The molecule has 1 rings (SSSR count). The number of carbonyl (C=O) groups is 3. The maximum absolute atomic E-state index is 11.9. The molecule has 0 aromatic carbocycles. The third kappa shape index (κ3) is 4.06. The first kappa shape index (κ1) is 15.2. The van der Waals surface area contributed by atoms with E-state index in [4.69, 9.17) is 5.11 Å². The highest BCUT2D eigenvalue weighted by atomic mass is 16.5. The van der Waals surface area contributed by atoms with E-state index in [0.29, 0.717) is 12.8 Å². The van der Waals surface area contributed by atoms with Crippen LogP contribution < -0.4 is 5.32 Å². The standard InChI is InChI=1S/C12H17NO6/c1-19-12(18)9(14)6-13-10(15)7-4-2-3-5-8(7)11(16)17/h2-3,7-9,14H,4-6H2,1H3,(H,13,15)(H,16,17)/t7-,8+,9?/m1/s1. The van der Waals surface area contributed by atoms with E-state index in [1.165, 1.54) is 0 Å². The van der Waals surface area contributed by atoms with Crippen LogP contribution in [0.3, 0.4) is 0 Å². The first-order chi connectivity index (χ1) is 8.97. The highest BCUT2D eigenvalue weighted by Gasteiger charge is 2.34. The zero-order valence-corrected chi connectivity index (χ0v) is 10.5. The molecule has 0 radical (unpaired) electrons. The zero-order chi connectivity index (χ0) is 14.4. The summed E-state index contributed by atoms with van der Waals surface area (Å²) in [5, 5.41) is 20.7. The lowest BCUT2D eigenvalue weighted by Gasteiger charge is -2.24. The lowest BCUT2D eigenvalue weighted by atomic mass is 9.82. The molecular weight excluding hydrogens is 254 g/mol. The van der Waals surface area contributed by atoms with Crippen molar-refractivity contribution in [2.75, 3.05) is 13.7 Å². The van der Waals surface area contributed by atoms with Crippen LogP contribution in [0.5, 0.6) is 0 Å². The molecule has 19 heavy (non-hydrogen) atoms. The van der Waals surface area contributed by atoms with Crippen LogP contribution in [0.15, 0.2) is 12.2 Å². The van der Waals surface area contributed by atoms with Gasteiger partial charge < -0.3 is 20.3 Å². The van der Waals surface area contributed by atoms with Gasteiger partial charge in [0.15, 0.2) is 6.10 Å². The maximum Gasteiger partial charge on any atom is 0.336 e. The molecule has 0 saturated carbocycles. The number of esters is 1. The number of carboxylic acid groups (broad SMARTS) is 1. The summed E-state index contributed by atoms with van der Waals surface area (Å²) in [5.41, 5.74) is 0. The Kier molecular flexibility index (Phi) is 5.50. The van der Waals surface area contributed by atoms with E-state index in [9.17, 15) is 19.5 Å². The van der Waals surface area contributed by atoms with E-state index >= 15 is 0 Å². The number of ether oxygens (including phenoxy) is 1. The van der Waals surface area contributed by atoms with Gasteiger partial charge in [-0.15, -0.1) is 0 Å². The molecule has 0 fully saturated rings. The molecular formula is C12H17NO6. The Labute approximate surface area is 110 Å². The number of hydrogen-bond acceptors (Lipinski definition) is 5. The van der Waals surface area contributed by atoms with Crippen molar-refractivity contribution >= 4 is 17.8 Å². The SMILES string of the molecule is COC(=O)C(O)CNC(=O)[C@@H]1CC=CC[C@@H]1C(=O)O. The second kappa shape index (κ2) is 6.89. The summed E-state index contributed by atoms with van der Waals surface area (Å²) in [6, 6.07) is 0. The van der Waals surface area contributed by atoms with Gasteiger partial charge in [-0.3, -0.25) is 9.59 Å². The number of aliphatic hydroxyl groups excluding tert-OH is 1. The van der Waals surface area contributed by atoms with Gasteiger partial charge in [0.25, 0.3) is 0 Å². The summed E-state index contributed by atoms with van der Waals surface area (Å²) in [6.07, 6.45) is 2.66. The van der Waals surface area contributed by atoms with Gasteiger partial charge in [-0.25, -0.2) is 4.79 Å². The molecule has 0 bridgehead atoms. The Bertz CT molecular complexity index is 392. The van der Waals surface area contributed by atoms with Gasteiger partial charge in [0.05, 0.1) is 25.5 Å². The number of carboxylic acids is 1. The fraction of sp³-hybridized carbons (Fsp3) is 0.583. The average Bonchev–Trinajstić information content (AvgIpc) is 2.43. The van der Waals surface area contributed by atoms with E-state index in [1.807, 2.05) is 0 Å². The van der Waals surface area contributed by atoms with Crippen molar-refractivity contribution < 1.29 is 29.3 Å². The predicted molar refractivity (Wildman–Crippen MR) is 64.0 cm³/mol. The third-order valence-corrected chi connectivity index (χ3v) is 3.03. The molecule has 7 nitrogen and oxygen atoms in total. The monoisotopic (exact) mass is 271 g/mol. The third-order valence-electron chi connectivity index (χ3n) is 3.03. The first-order valence-corrected chi connectivity index (χ1v) is 5.88. The Hall–Kier alpha value is -1.89. The van der Waals surface area contributed by atoms with Gasteiger partial charge in [0, 0.05) is 0 Å². The molecule has 0 spiro atoms. The van der Waals surface area contributed by atoms with Crippen molar-refractivity contribution in [3.05, 3.63) is 12.2 Å². The predicted octanol–water partition coefficient (Wildman–Crippen LogP) is -0.697. The van der Waals surface area contributed by atoms with Crippen molar-refractivity contribution in [2.45, 2.75) is 18.9 Å². The fourth-order valence-electron chi connectivity index (χ4n) is 1.92. The molecule has 3 N–H and O–H groups in total. The quantitative estimate of drug-likeness (QED) is 0.450. The summed E-state index contributed by atoms with van der Waals surface area (Å²) in [4.78, 5) is 33.8. The van der Waals surface area contributed by atoms with E-state index in [2.05, 4.69) is 10.1 Å². The molecule has 106 valence electrons. The number of aliphatic hydroxyl groups is 1. The second-order valence-corrected chi connectivity index (χ2v) is 4.28. The van der Waals surface area contributed by atoms with Gasteiger partial charge in [-0.1, -0.05) is 12.2 Å². The Balaban J connectivity index is 2.54. The lowest BCUT2D eigenvalue weighted by molar-refractivity contribution is -0.151. The van der Waals surface area contributed by atoms with Crippen LogP contribution in [0, 0.1) is 11.8 Å². The van der Waals surface area contributed by atoms with E-state index in [-0.39, 0.29) is 6.54 Å². The molecule has 0 aliphatic heterocycles. The van der Waals surface area contributed by atoms with Crippen LogP contribution in [0.25, 0.3) is 0 Å². The van der Waals surface area contributed by atoms with Crippen LogP contribution in [-0.4, -0.2) is 47.8 Å². The van der Waals surface area contributed by atoms with Crippen LogP contribution in [0.4, 0.5) is 0 Å². The minimum atomic E-state index is -1.45. The van der Waals surface area contributed by atoms with Gasteiger partial charge in [0.2, 0.25) is 5.91 Å². The van der Waals surface area contributed by atoms with E-state index < -0.39 is 35.8 Å². The van der Waals surface area contributed by atoms with Gasteiger partial charge in [-0.05, 0) is 12.8 Å². The maximum atomic E-state index is 11.9. The molecule has 0 aromatic heterocycles. The molecule has 1 unspecified atom stereocenters. The number of nitrogens with one attached hydrogen (secondary N) is 1. The number of amides is 1. The van der Waals surface area contributed by atoms with Crippen molar-refractivity contribution in [2.24, 2.45) is 11.8 Å². The number of rotatable bonds is 5. The van der Waals surface area contributed by atoms with Crippen molar-refractivity contribution in [3.8, 4) is 0 Å². The minimum Gasteiger partial charge on any atom is -0.481 e. The second-order valence-electron chi connectivity index (χ2n) is 4.28. The molecule has 7 heteroatoms. The summed E-state index contributed by atoms with van der Waals surface area (Å²) in [5.74, 6) is -3.83. The van der Waals surface area contributed by atoms with Gasteiger partial charge in [0.1, 0.15) is 0 Å². The molecule has 3 atom stereocenters. The Morgan fingerprint density at radius 1 is 1.32 bits per heavy atom. The Morgan fingerprint density at radius 3 is 2.42 bits per heavy atom. The number of allylic oxidation sites excluding steroid dienone is 2. The molecule has 1 amide bonds. The van der Waals surface area contributed by atoms with Gasteiger partial charge >= 0.3 is 11.9 Å². The number of aliphatic carboxylic acids is 1. The van der Waals surface area contributed by atoms with Gasteiger partial charge in [-0.2, -0.15) is 0 Å². The molecule has 0 saturated heterocycles. The molecule has 0 aromatic rings.